The van der Waals surface area contributed by atoms with Gasteiger partial charge in [-0.05, 0) is 79.5 Å². The Morgan fingerprint density at radius 2 is 1.66 bits per heavy atom. The molecule has 2 aliphatic heterocycles. The minimum Gasteiger partial charge on any atom is -0.465 e. The van der Waals surface area contributed by atoms with Crippen LogP contribution < -0.4 is 4.90 Å². The highest BCUT2D eigenvalue weighted by atomic mass is 16.5. The number of anilines is 1. The van der Waals surface area contributed by atoms with Crippen molar-refractivity contribution in [2.75, 3.05) is 51.8 Å². The van der Waals surface area contributed by atoms with Crippen LogP contribution in [0.1, 0.15) is 73.0 Å². The number of hydrogen-bond acceptors (Lipinski definition) is 5. The number of benzene rings is 2. The van der Waals surface area contributed by atoms with Gasteiger partial charge in [0.05, 0.1) is 12.7 Å². The molecule has 3 fully saturated rings. The molecular weight excluding hydrogens is 434 g/mol. The number of carbonyl (C=O) groups is 1. The molecule has 2 saturated heterocycles. The highest BCUT2D eigenvalue weighted by molar-refractivity contribution is 5.89. The fourth-order valence-corrected chi connectivity index (χ4v) is 6.74. The van der Waals surface area contributed by atoms with Gasteiger partial charge in [0.2, 0.25) is 0 Å². The van der Waals surface area contributed by atoms with Gasteiger partial charge >= 0.3 is 5.97 Å². The molecule has 0 aromatic heterocycles. The van der Waals surface area contributed by atoms with Crippen molar-refractivity contribution in [2.24, 2.45) is 5.41 Å². The van der Waals surface area contributed by atoms with Crippen LogP contribution in [-0.4, -0.2) is 68.7 Å². The quantitative estimate of drug-likeness (QED) is 0.546. The monoisotopic (exact) mass is 475 g/mol. The first kappa shape index (κ1) is 24.3. The number of piperazine rings is 1. The normalized spacial score (nSPS) is 23.5. The Morgan fingerprint density at radius 1 is 0.971 bits per heavy atom. The molecule has 0 amide bonds. The summed E-state index contributed by atoms with van der Waals surface area (Å²) >= 11 is 0. The second kappa shape index (κ2) is 9.94. The van der Waals surface area contributed by atoms with Crippen molar-refractivity contribution in [2.45, 2.75) is 57.5 Å². The van der Waals surface area contributed by atoms with Crippen molar-refractivity contribution in [3.8, 4) is 0 Å². The lowest BCUT2D eigenvalue weighted by Crippen LogP contribution is -2.59. The average molecular weight is 476 g/mol. The van der Waals surface area contributed by atoms with E-state index in [1.807, 2.05) is 12.1 Å². The van der Waals surface area contributed by atoms with Crippen molar-refractivity contribution < 1.29 is 9.53 Å². The highest BCUT2D eigenvalue weighted by Gasteiger charge is 2.49. The molecular formula is C30H41N3O2. The van der Waals surface area contributed by atoms with Crippen LogP contribution in [-0.2, 0) is 4.74 Å². The molecule has 1 atom stereocenters. The van der Waals surface area contributed by atoms with Crippen LogP contribution in [0.25, 0.3) is 0 Å². The minimum atomic E-state index is -0.270. The summed E-state index contributed by atoms with van der Waals surface area (Å²) < 4.78 is 4.83. The predicted octanol–water partition coefficient (Wildman–Crippen LogP) is 5.33. The number of likely N-dealkylation sites (N-methyl/N-ethyl adjacent to an activating group) is 1. The summed E-state index contributed by atoms with van der Waals surface area (Å²) in [6.07, 6.45) is 5.21. The van der Waals surface area contributed by atoms with E-state index in [2.05, 4.69) is 72.0 Å². The smallest absolute Gasteiger partial charge is 0.337 e. The van der Waals surface area contributed by atoms with Gasteiger partial charge in [0, 0.05) is 50.5 Å². The van der Waals surface area contributed by atoms with E-state index in [9.17, 15) is 4.79 Å². The number of carbonyl (C=O) groups excluding carboxylic acids is 1. The van der Waals surface area contributed by atoms with E-state index in [-0.39, 0.29) is 5.97 Å². The number of ether oxygens (including phenoxy) is 1. The van der Waals surface area contributed by atoms with E-state index in [4.69, 9.17) is 4.74 Å². The summed E-state index contributed by atoms with van der Waals surface area (Å²) in [4.78, 5) is 19.6. The molecule has 5 rings (SSSR count). The maximum absolute atomic E-state index is 11.7. The van der Waals surface area contributed by atoms with E-state index in [0.29, 0.717) is 29.0 Å². The third-order valence-electron chi connectivity index (χ3n) is 8.89. The number of esters is 1. The number of hydrogen-bond donors (Lipinski definition) is 0. The van der Waals surface area contributed by atoms with E-state index in [0.717, 1.165) is 19.6 Å². The third kappa shape index (κ3) is 4.85. The minimum absolute atomic E-state index is 0.270. The Bertz CT molecular complexity index is 1020. The molecule has 188 valence electrons. The van der Waals surface area contributed by atoms with Crippen LogP contribution in [0, 0.1) is 5.41 Å². The van der Waals surface area contributed by atoms with Crippen LogP contribution in [0.15, 0.2) is 48.5 Å². The van der Waals surface area contributed by atoms with E-state index in [1.165, 1.54) is 57.1 Å². The van der Waals surface area contributed by atoms with Gasteiger partial charge in [0.1, 0.15) is 0 Å². The van der Waals surface area contributed by atoms with E-state index >= 15 is 0 Å². The molecule has 2 heterocycles. The topological polar surface area (TPSA) is 36.0 Å². The van der Waals surface area contributed by atoms with Crippen molar-refractivity contribution in [3.63, 3.8) is 0 Å². The summed E-state index contributed by atoms with van der Waals surface area (Å²) in [5.41, 5.74) is 5.40. The summed E-state index contributed by atoms with van der Waals surface area (Å²) in [5, 5.41) is 0. The first-order valence-electron chi connectivity index (χ1n) is 13.4. The second-order valence-corrected chi connectivity index (χ2v) is 11.4. The number of piperidine rings is 1. The molecule has 5 nitrogen and oxygen atoms in total. The molecule has 2 aromatic carbocycles. The lowest BCUT2D eigenvalue weighted by molar-refractivity contribution is -0.0584. The molecule has 1 aliphatic carbocycles. The number of rotatable bonds is 5. The number of nitrogens with zero attached hydrogens (tertiary/aromatic N) is 3. The van der Waals surface area contributed by atoms with Gasteiger partial charge in [-0.1, -0.05) is 38.1 Å². The Labute approximate surface area is 211 Å². The average Bonchev–Trinajstić information content (AvgIpc) is 2.87. The van der Waals surface area contributed by atoms with Gasteiger partial charge in [0.15, 0.2) is 0 Å². The fraction of sp³-hybridized carbons (Fsp3) is 0.567. The molecule has 5 heteroatoms. The Morgan fingerprint density at radius 3 is 2.31 bits per heavy atom. The summed E-state index contributed by atoms with van der Waals surface area (Å²) in [6, 6.07) is 18.2. The van der Waals surface area contributed by atoms with Gasteiger partial charge in [-0.15, -0.1) is 0 Å². The molecule has 1 saturated carbocycles. The number of methoxy groups -OCH3 is 1. The maximum atomic E-state index is 11.7. The van der Waals surface area contributed by atoms with Gasteiger partial charge in [-0.2, -0.15) is 0 Å². The first-order chi connectivity index (χ1) is 16.9. The molecule has 0 N–H and O–H groups in total. The highest BCUT2D eigenvalue weighted by Crippen LogP contribution is 2.53. The zero-order valence-corrected chi connectivity index (χ0v) is 21.9. The molecule has 2 aromatic rings. The fourth-order valence-electron chi connectivity index (χ4n) is 6.74. The van der Waals surface area contributed by atoms with Gasteiger partial charge in [-0.3, -0.25) is 4.90 Å². The summed E-state index contributed by atoms with van der Waals surface area (Å²) in [6.45, 7) is 10.3. The van der Waals surface area contributed by atoms with Gasteiger partial charge < -0.3 is 14.5 Å². The Kier molecular flexibility index (Phi) is 6.91. The lowest BCUT2D eigenvalue weighted by atomic mass is 9.59. The molecule has 1 spiro atoms. The van der Waals surface area contributed by atoms with Crippen LogP contribution >= 0.6 is 0 Å². The van der Waals surface area contributed by atoms with Crippen molar-refractivity contribution in [3.05, 3.63) is 65.2 Å². The summed E-state index contributed by atoms with van der Waals surface area (Å²) in [7, 11) is 3.71. The summed E-state index contributed by atoms with van der Waals surface area (Å²) in [5.74, 6) is 0.284. The second-order valence-electron chi connectivity index (χ2n) is 11.4. The zero-order valence-electron chi connectivity index (χ0n) is 21.9. The first-order valence-corrected chi connectivity index (χ1v) is 13.4. The SMILES string of the molecule is COC(=O)c1ccc(N2CCC3(CC2)CC(N2CCN(C)CC2c2ccccc2C(C)C)C3)cc1. The molecule has 35 heavy (non-hydrogen) atoms. The molecule has 3 aliphatic rings. The van der Waals surface area contributed by atoms with Gasteiger partial charge in [0.25, 0.3) is 0 Å². The zero-order chi connectivity index (χ0) is 24.6. The Hall–Kier alpha value is -2.37. The lowest BCUT2D eigenvalue weighted by Gasteiger charge is -2.58. The maximum Gasteiger partial charge on any atom is 0.337 e. The van der Waals surface area contributed by atoms with Crippen LogP contribution in [0.2, 0.25) is 0 Å². The molecule has 1 unspecified atom stereocenters. The largest absolute Gasteiger partial charge is 0.465 e. The predicted molar refractivity (Wildman–Crippen MR) is 142 cm³/mol. The Balaban J connectivity index is 1.22. The van der Waals surface area contributed by atoms with Crippen molar-refractivity contribution in [1.82, 2.24) is 9.80 Å². The van der Waals surface area contributed by atoms with Crippen LogP contribution in [0.5, 0.6) is 0 Å². The molecule has 0 bridgehead atoms. The van der Waals surface area contributed by atoms with Crippen LogP contribution in [0.3, 0.4) is 0 Å². The van der Waals surface area contributed by atoms with Crippen LogP contribution in [0.4, 0.5) is 5.69 Å². The van der Waals surface area contributed by atoms with E-state index in [1.54, 1.807) is 5.56 Å². The van der Waals surface area contributed by atoms with Gasteiger partial charge in [-0.25, -0.2) is 4.79 Å². The standard InChI is InChI=1S/C30H41N3O2/c1-22(2)26-7-5-6-8-27(26)28-21-31(3)17-18-33(28)25-19-30(20-25)13-15-32(16-14-30)24-11-9-23(10-12-24)29(34)35-4/h5-12,22,25,28H,13-21H2,1-4H3. The van der Waals surface area contributed by atoms with E-state index < -0.39 is 0 Å². The van der Waals surface area contributed by atoms with Crippen molar-refractivity contribution >= 4 is 11.7 Å². The van der Waals surface area contributed by atoms with Crippen molar-refractivity contribution in [1.29, 1.82) is 0 Å². The third-order valence-corrected chi connectivity index (χ3v) is 8.89. The molecule has 0 radical (unpaired) electrons.